The molecule has 0 radical (unpaired) electrons. The average molecular weight is 336 g/mol. The summed E-state index contributed by atoms with van der Waals surface area (Å²) in [6.45, 7) is 3.91. The number of nitrogens with one attached hydrogen (secondary N) is 2. The van der Waals surface area contributed by atoms with Crippen molar-refractivity contribution in [3.8, 4) is 0 Å². The van der Waals surface area contributed by atoms with Crippen molar-refractivity contribution in [1.82, 2.24) is 10.9 Å². The summed E-state index contributed by atoms with van der Waals surface area (Å²) in [5, 5.41) is 10.2. The lowest BCUT2D eigenvalue weighted by Gasteiger charge is -2.22. The van der Waals surface area contributed by atoms with Crippen LogP contribution in [0.1, 0.15) is 59.6 Å². The molecule has 0 unspecified atom stereocenters. The summed E-state index contributed by atoms with van der Waals surface area (Å²) in [6.07, 6.45) is 5.16. The summed E-state index contributed by atoms with van der Waals surface area (Å²) in [4.78, 5) is 26.0. The van der Waals surface area contributed by atoms with Crippen molar-refractivity contribution in [2.24, 2.45) is 11.8 Å². The van der Waals surface area contributed by atoms with Crippen LogP contribution >= 0.6 is 11.3 Å². The second-order valence-electron chi connectivity index (χ2n) is 7.22. The maximum Gasteiger partial charge on any atom is 0.279 e. The molecule has 3 rings (SSSR count). The van der Waals surface area contributed by atoms with Crippen LogP contribution in [0, 0.1) is 11.8 Å². The average Bonchev–Trinajstić information content (AvgIpc) is 3.25. The zero-order valence-corrected chi connectivity index (χ0v) is 14.5. The van der Waals surface area contributed by atoms with E-state index in [0.717, 1.165) is 25.7 Å². The van der Waals surface area contributed by atoms with Gasteiger partial charge in [0.25, 0.3) is 5.91 Å². The van der Waals surface area contributed by atoms with Gasteiger partial charge in [-0.2, -0.15) is 0 Å². The molecule has 0 aliphatic heterocycles. The second-order valence-corrected chi connectivity index (χ2v) is 8.35. The van der Waals surface area contributed by atoms with Crippen LogP contribution in [0.5, 0.6) is 0 Å². The van der Waals surface area contributed by atoms with Crippen molar-refractivity contribution >= 4 is 23.2 Å². The molecule has 2 amide bonds. The Morgan fingerprint density at radius 2 is 2.09 bits per heavy atom. The van der Waals surface area contributed by atoms with Crippen molar-refractivity contribution in [3.05, 3.63) is 21.4 Å². The number of aliphatic hydroxyl groups is 1. The Bertz CT molecular complexity index is 619. The Kier molecular flexibility index (Phi) is 4.47. The maximum absolute atomic E-state index is 12.2. The number of thiophene rings is 1. The monoisotopic (exact) mass is 336 g/mol. The minimum Gasteiger partial charge on any atom is -0.389 e. The van der Waals surface area contributed by atoms with Crippen molar-refractivity contribution in [3.63, 3.8) is 0 Å². The molecule has 2 aliphatic carbocycles. The van der Waals surface area contributed by atoms with E-state index in [1.807, 2.05) is 6.07 Å². The molecule has 2 atom stereocenters. The van der Waals surface area contributed by atoms with Gasteiger partial charge >= 0.3 is 0 Å². The number of aryl methyl sites for hydroxylation is 1. The molecule has 0 saturated heterocycles. The molecule has 0 bridgehead atoms. The van der Waals surface area contributed by atoms with Crippen LogP contribution in [-0.2, 0) is 17.6 Å². The lowest BCUT2D eigenvalue weighted by molar-refractivity contribution is -0.127. The Morgan fingerprint density at radius 3 is 2.78 bits per heavy atom. The van der Waals surface area contributed by atoms with Gasteiger partial charge in [-0.15, -0.1) is 11.3 Å². The van der Waals surface area contributed by atoms with Crippen molar-refractivity contribution in [2.75, 3.05) is 0 Å². The molecule has 0 spiro atoms. The molecule has 0 aromatic carbocycles. The summed E-state index contributed by atoms with van der Waals surface area (Å²) >= 11 is 1.51. The highest BCUT2D eigenvalue weighted by Gasteiger charge is 2.41. The molecule has 1 aromatic heterocycles. The smallest absolute Gasteiger partial charge is 0.279 e. The molecular weight excluding hydrogens is 312 g/mol. The van der Waals surface area contributed by atoms with Crippen LogP contribution in [0.2, 0.25) is 0 Å². The zero-order chi connectivity index (χ0) is 16.6. The summed E-state index contributed by atoms with van der Waals surface area (Å²) in [6, 6.07) is 1.94. The van der Waals surface area contributed by atoms with E-state index in [2.05, 4.69) is 17.8 Å². The number of rotatable bonds is 4. The standard InChI is InChI=1S/C17H24N2O3S/c1-10-3-6-13-11(7-10)8-14(23-13)16(21)19-18-15(20)9-17(2,22)12-4-5-12/h8,10,12,22H,3-7,9H2,1-2H3,(H,18,20)(H,19,21)/t10-,17-/m1/s1. The van der Waals surface area contributed by atoms with Gasteiger partial charge in [-0.25, -0.2) is 0 Å². The first-order valence-electron chi connectivity index (χ1n) is 8.28. The van der Waals surface area contributed by atoms with E-state index in [0.29, 0.717) is 10.8 Å². The van der Waals surface area contributed by atoms with Gasteiger partial charge in [-0.05, 0) is 62.5 Å². The number of carbonyl (C=O) groups excluding carboxylic acids is 2. The van der Waals surface area contributed by atoms with Crippen LogP contribution in [0.25, 0.3) is 0 Å². The van der Waals surface area contributed by atoms with E-state index in [4.69, 9.17) is 0 Å². The molecule has 126 valence electrons. The first kappa shape index (κ1) is 16.5. The lowest BCUT2D eigenvalue weighted by atomic mass is 9.90. The molecule has 5 nitrogen and oxygen atoms in total. The molecule has 1 heterocycles. The number of hydrazine groups is 1. The third-order valence-corrected chi connectivity index (χ3v) is 6.08. The Labute approximate surface area is 140 Å². The van der Waals surface area contributed by atoms with E-state index >= 15 is 0 Å². The first-order valence-corrected chi connectivity index (χ1v) is 9.10. The minimum atomic E-state index is -0.979. The molecule has 1 fully saturated rings. The number of hydrogen-bond acceptors (Lipinski definition) is 4. The van der Waals surface area contributed by atoms with Crippen molar-refractivity contribution < 1.29 is 14.7 Å². The highest BCUT2D eigenvalue weighted by atomic mass is 32.1. The van der Waals surface area contributed by atoms with Gasteiger partial charge in [0.2, 0.25) is 5.91 Å². The number of carbonyl (C=O) groups is 2. The summed E-state index contributed by atoms with van der Waals surface area (Å²) in [5.41, 5.74) is 5.17. The highest BCUT2D eigenvalue weighted by molar-refractivity contribution is 7.14. The summed E-state index contributed by atoms with van der Waals surface area (Å²) in [5.74, 6) is 0.231. The fourth-order valence-corrected chi connectivity index (χ4v) is 4.33. The Balaban J connectivity index is 1.52. The van der Waals surface area contributed by atoms with E-state index in [-0.39, 0.29) is 24.2 Å². The van der Waals surface area contributed by atoms with Crippen molar-refractivity contribution in [2.45, 2.75) is 58.0 Å². The van der Waals surface area contributed by atoms with Crippen LogP contribution < -0.4 is 10.9 Å². The van der Waals surface area contributed by atoms with Crippen LogP contribution in [0.3, 0.4) is 0 Å². The maximum atomic E-state index is 12.2. The number of amides is 2. The van der Waals surface area contributed by atoms with Gasteiger partial charge in [0.1, 0.15) is 0 Å². The fraction of sp³-hybridized carbons (Fsp3) is 0.647. The molecule has 23 heavy (non-hydrogen) atoms. The first-order chi connectivity index (χ1) is 10.8. The molecule has 2 aliphatic rings. The fourth-order valence-electron chi connectivity index (χ4n) is 3.22. The Hall–Kier alpha value is -1.40. The quantitative estimate of drug-likeness (QED) is 0.738. The summed E-state index contributed by atoms with van der Waals surface area (Å²) < 4.78 is 0. The number of fused-ring (bicyclic) bond motifs is 1. The van der Waals surface area contributed by atoms with Gasteiger partial charge in [0.05, 0.1) is 16.9 Å². The van der Waals surface area contributed by atoms with E-state index in [1.165, 1.54) is 28.2 Å². The number of hydrogen-bond donors (Lipinski definition) is 3. The van der Waals surface area contributed by atoms with Gasteiger partial charge in [-0.1, -0.05) is 6.92 Å². The van der Waals surface area contributed by atoms with Crippen molar-refractivity contribution in [1.29, 1.82) is 0 Å². The highest BCUT2D eigenvalue weighted by Crippen LogP contribution is 2.41. The van der Waals surface area contributed by atoms with Gasteiger partial charge < -0.3 is 5.11 Å². The van der Waals surface area contributed by atoms with Gasteiger partial charge in [-0.3, -0.25) is 20.4 Å². The zero-order valence-electron chi connectivity index (χ0n) is 13.6. The predicted octanol–water partition coefficient (Wildman–Crippen LogP) is 2.19. The molecule has 6 heteroatoms. The van der Waals surface area contributed by atoms with E-state index < -0.39 is 5.60 Å². The van der Waals surface area contributed by atoms with Gasteiger partial charge in [0, 0.05) is 4.88 Å². The predicted molar refractivity (Wildman–Crippen MR) is 89.1 cm³/mol. The Morgan fingerprint density at radius 1 is 1.35 bits per heavy atom. The molecule has 1 saturated carbocycles. The largest absolute Gasteiger partial charge is 0.389 e. The molecule has 3 N–H and O–H groups in total. The topological polar surface area (TPSA) is 78.4 Å². The second kappa shape index (κ2) is 6.24. The SMILES string of the molecule is C[C@@H]1CCc2sc(C(=O)NNC(=O)C[C@@](C)(O)C3CC3)cc2C1. The van der Waals surface area contributed by atoms with Crippen LogP contribution in [0.4, 0.5) is 0 Å². The lowest BCUT2D eigenvalue weighted by Crippen LogP contribution is -2.45. The third-order valence-electron chi connectivity index (χ3n) is 4.84. The summed E-state index contributed by atoms with van der Waals surface area (Å²) in [7, 11) is 0. The van der Waals surface area contributed by atoms with E-state index in [9.17, 15) is 14.7 Å². The van der Waals surface area contributed by atoms with E-state index in [1.54, 1.807) is 6.92 Å². The normalized spacial score (nSPS) is 22.8. The molecule has 1 aromatic rings. The van der Waals surface area contributed by atoms with Crippen LogP contribution in [-0.4, -0.2) is 22.5 Å². The third kappa shape index (κ3) is 3.93. The van der Waals surface area contributed by atoms with Gasteiger partial charge in [0.15, 0.2) is 0 Å². The minimum absolute atomic E-state index is 0.0103. The van der Waals surface area contributed by atoms with Crippen LogP contribution in [0.15, 0.2) is 6.07 Å². The molecular formula is C17H24N2O3S.